The minimum absolute atomic E-state index is 0.0487. The third kappa shape index (κ3) is 4.75. The van der Waals surface area contributed by atoms with Gasteiger partial charge >= 0.3 is 0 Å². The number of hydrogen-bond donors (Lipinski definition) is 1. The summed E-state index contributed by atoms with van der Waals surface area (Å²) in [6.45, 7) is 0.223. The van der Waals surface area contributed by atoms with Crippen LogP contribution in [0.25, 0.3) is 17.1 Å². The first-order valence-corrected chi connectivity index (χ1v) is 11.5. The van der Waals surface area contributed by atoms with Crippen molar-refractivity contribution in [1.82, 2.24) is 15.1 Å². The van der Waals surface area contributed by atoms with Crippen LogP contribution < -0.4 is 5.32 Å². The normalized spacial score (nSPS) is 11.4. The molecule has 0 aliphatic heterocycles. The first-order chi connectivity index (χ1) is 15.0. The van der Waals surface area contributed by atoms with E-state index in [1.54, 1.807) is 59.5 Å². The molecule has 2 heterocycles. The maximum absolute atomic E-state index is 12.9. The van der Waals surface area contributed by atoms with Gasteiger partial charge in [-0.15, -0.1) is 0 Å². The average Bonchev–Trinajstić information content (AvgIpc) is 3.48. The van der Waals surface area contributed by atoms with Gasteiger partial charge in [-0.3, -0.25) is 4.79 Å². The maximum atomic E-state index is 12.9. The Kier molecular flexibility index (Phi) is 5.99. The molecule has 4 aromatic rings. The molecule has 1 amide bonds. The third-order valence-corrected chi connectivity index (χ3v) is 6.51. The topological polar surface area (TPSA) is 94.2 Å². The van der Waals surface area contributed by atoms with Gasteiger partial charge in [0.1, 0.15) is 11.4 Å². The number of hydrogen-bond acceptors (Lipinski definition) is 5. The number of nitrogens with one attached hydrogen (secondary N) is 1. The number of sulfone groups is 1. The van der Waals surface area contributed by atoms with E-state index < -0.39 is 9.84 Å². The first kappa shape index (κ1) is 20.6. The van der Waals surface area contributed by atoms with Gasteiger partial charge in [-0.2, -0.15) is 5.10 Å². The van der Waals surface area contributed by atoms with Crippen LogP contribution >= 0.6 is 0 Å². The lowest BCUT2D eigenvalue weighted by molar-refractivity contribution is 0.0946. The van der Waals surface area contributed by atoms with Gasteiger partial charge in [0, 0.05) is 12.6 Å². The molecule has 158 valence electrons. The van der Waals surface area contributed by atoms with Crippen molar-refractivity contribution in [1.29, 1.82) is 0 Å². The zero-order valence-corrected chi connectivity index (χ0v) is 17.5. The molecular weight excluding hydrogens is 414 g/mol. The zero-order chi connectivity index (χ0) is 21.7. The van der Waals surface area contributed by atoms with Gasteiger partial charge < -0.3 is 9.73 Å². The molecular formula is C23H21N3O4S. The van der Waals surface area contributed by atoms with Crippen molar-refractivity contribution < 1.29 is 17.6 Å². The van der Waals surface area contributed by atoms with E-state index in [2.05, 4.69) is 10.4 Å². The second-order valence-electron chi connectivity index (χ2n) is 6.88. The van der Waals surface area contributed by atoms with Crippen LogP contribution in [0, 0.1) is 0 Å². The number of benzene rings is 2. The van der Waals surface area contributed by atoms with Gasteiger partial charge in [-0.25, -0.2) is 13.1 Å². The molecule has 0 aliphatic carbocycles. The van der Waals surface area contributed by atoms with Gasteiger partial charge in [0.25, 0.3) is 5.91 Å². The van der Waals surface area contributed by atoms with Crippen molar-refractivity contribution in [3.63, 3.8) is 0 Å². The summed E-state index contributed by atoms with van der Waals surface area (Å²) in [6.07, 6.45) is 1.84. The quantitative estimate of drug-likeness (QED) is 0.426. The third-order valence-electron chi connectivity index (χ3n) is 4.69. The monoisotopic (exact) mass is 435 g/mol. The summed E-state index contributed by atoms with van der Waals surface area (Å²) in [7, 11) is -3.38. The summed E-state index contributed by atoms with van der Waals surface area (Å²) in [5.74, 6) is 0.163. The fourth-order valence-corrected chi connectivity index (χ4v) is 4.49. The first-order valence-electron chi connectivity index (χ1n) is 9.80. The molecule has 1 N–H and O–H groups in total. The number of carbonyl (C=O) groups excluding carboxylic acids is 1. The predicted molar refractivity (Wildman–Crippen MR) is 117 cm³/mol. The molecule has 7 nitrogen and oxygen atoms in total. The highest BCUT2D eigenvalue weighted by atomic mass is 32.2. The molecule has 31 heavy (non-hydrogen) atoms. The molecule has 0 unspecified atom stereocenters. The number of amides is 1. The van der Waals surface area contributed by atoms with Crippen molar-refractivity contribution >= 4 is 15.7 Å². The molecule has 0 spiro atoms. The van der Waals surface area contributed by atoms with Crippen LogP contribution in [0.2, 0.25) is 0 Å². The van der Waals surface area contributed by atoms with Gasteiger partial charge in [0.05, 0.1) is 22.6 Å². The molecule has 0 radical (unpaired) electrons. The molecule has 2 aromatic carbocycles. The summed E-state index contributed by atoms with van der Waals surface area (Å²) in [5.41, 5.74) is 1.60. The SMILES string of the molecule is O=C(NCCCS(=O)(=O)c1ccccc1)c1cc(-c2ccco2)nn1-c1ccccc1. The number of para-hydroxylation sites is 1. The molecule has 4 rings (SSSR count). The second-order valence-corrected chi connectivity index (χ2v) is 8.99. The standard InChI is InChI=1S/C23H21N3O4S/c27-23(24-14-8-16-31(28,29)19-11-5-2-6-12-19)21-17-20(22-13-7-15-30-22)25-26(21)18-9-3-1-4-10-18/h1-7,9-13,15,17H,8,14,16H2,(H,24,27). The van der Waals surface area contributed by atoms with E-state index in [-0.39, 0.29) is 23.1 Å². The Hall–Kier alpha value is -3.65. The van der Waals surface area contributed by atoms with E-state index in [9.17, 15) is 13.2 Å². The minimum Gasteiger partial charge on any atom is -0.463 e. The maximum Gasteiger partial charge on any atom is 0.270 e. The van der Waals surface area contributed by atoms with E-state index in [0.29, 0.717) is 23.6 Å². The molecule has 0 saturated carbocycles. The molecule has 0 atom stereocenters. The van der Waals surface area contributed by atoms with Gasteiger partial charge in [0.15, 0.2) is 15.6 Å². The van der Waals surface area contributed by atoms with Crippen LogP contribution in [0.3, 0.4) is 0 Å². The van der Waals surface area contributed by atoms with E-state index in [4.69, 9.17) is 4.42 Å². The molecule has 8 heteroatoms. The van der Waals surface area contributed by atoms with Crippen LogP contribution in [0.4, 0.5) is 0 Å². The average molecular weight is 436 g/mol. The molecule has 2 aromatic heterocycles. The van der Waals surface area contributed by atoms with E-state index in [1.807, 2.05) is 30.3 Å². The Labute approximate surface area is 180 Å². The lowest BCUT2D eigenvalue weighted by Gasteiger charge is -2.09. The van der Waals surface area contributed by atoms with Crippen molar-refractivity contribution in [3.8, 4) is 17.1 Å². The van der Waals surface area contributed by atoms with E-state index in [1.165, 1.54) is 0 Å². The molecule has 0 aliphatic rings. The predicted octanol–water partition coefficient (Wildman–Crippen LogP) is 3.73. The highest BCUT2D eigenvalue weighted by Gasteiger charge is 2.19. The summed E-state index contributed by atoms with van der Waals surface area (Å²) in [6, 6.07) is 22.8. The molecule has 0 fully saturated rings. The Morgan fingerprint density at radius 2 is 1.68 bits per heavy atom. The van der Waals surface area contributed by atoms with Crippen molar-refractivity contribution in [2.45, 2.75) is 11.3 Å². The lowest BCUT2D eigenvalue weighted by atomic mass is 10.2. The Balaban J connectivity index is 1.47. The van der Waals surface area contributed by atoms with Crippen molar-refractivity contribution in [2.24, 2.45) is 0 Å². The van der Waals surface area contributed by atoms with Gasteiger partial charge in [-0.05, 0) is 42.8 Å². The summed E-state index contributed by atoms with van der Waals surface area (Å²) < 4.78 is 31.7. The van der Waals surface area contributed by atoms with Crippen molar-refractivity contribution in [3.05, 3.63) is 90.8 Å². The fraction of sp³-hybridized carbons (Fsp3) is 0.130. The highest BCUT2D eigenvalue weighted by Crippen LogP contribution is 2.22. The number of aromatic nitrogens is 2. The second kappa shape index (κ2) is 9.01. The van der Waals surface area contributed by atoms with Gasteiger partial charge in [-0.1, -0.05) is 36.4 Å². The number of rotatable bonds is 8. The summed E-state index contributed by atoms with van der Waals surface area (Å²) >= 11 is 0. The van der Waals surface area contributed by atoms with Crippen LogP contribution in [-0.4, -0.2) is 36.4 Å². The molecule has 0 bridgehead atoms. The van der Waals surface area contributed by atoms with E-state index >= 15 is 0 Å². The Morgan fingerprint density at radius 3 is 2.35 bits per heavy atom. The Bertz CT molecular complexity index is 1250. The van der Waals surface area contributed by atoms with Crippen LogP contribution in [0.5, 0.6) is 0 Å². The number of furan rings is 1. The van der Waals surface area contributed by atoms with Crippen LogP contribution in [0.1, 0.15) is 16.9 Å². The minimum atomic E-state index is -3.38. The molecule has 0 saturated heterocycles. The highest BCUT2D eigenvalue weighted by molar-refractivity contribution is 7.91. The van der Waals surface area contributed by atoms with Crippen LogP contribution in [0.15, 0.2) is 94.4 Å². The smallest absolute Gasteiger partial charge is 0.270 e. The largest absolute Gasteiger partial charge is 0.463 e. The van der Waals surface area contributed by atoms with Crippen LogP contribution in [-0.2, 0) is 9.84 Å². The number of carbonyl (C=O) groups is 1. The lowest BCUT2D eigenvalue weighted by Crippen LogP contribution is -2.28. The van der Waals surface area contributed by atoms with Gasteiger partial charge in [0.2, 0.25) is 0 Å². The summed E-state index contributed by atoms with van der Waals surface area (Å²) in [5, 5.41) is 7.31. The van der Waals surface area contributed by atoms with Crippen molar-refractivity contribution in [2.75, 3.05) is 12.3 Å². The fourth-order valence-electron chi connectivity index (χ4n) is 3.15. The van der Waals surface area contributed by atoms with E-state index in [0.717, 1.165) is 5.69 Å². The number of nitrogens with zero attached hydrogens (tertiary/aromatic N) is 2. The Morgan fingerprint density at radius 1 is 0.968 bits per heavy atom. The summed E-state index contributed by atoms with van der Waals surface area (Å²) in [4.78, 5) is 13.1. The zero-order valence-electron chi connectivity index (χ0n) is 16.6.